The zero-order valence-electron chi connectivity index (χ0n) is 11.9. The van der Waals surface area contributed by atoms with Crippen molar-refractivity contribution in [3.8, 4) is 0 Å². The molecular formula is C16H20N2O2. The van der Waals surface area contributed by atoms with Crippen LogP contribution in [0.25, 0.3) is 0 Å². The maximum atomic E-state index is 12.7. The van der Waals surface area contributed by atoms with Gasteiger partial charge in [0.25, 0.3) is 5.91 Å². The highest BCUT2D eigenvalue weighted by Crippen LogP contribution is 2.25. The van der Waals surface area contributed by atoms with Crippen LogP contribution in [0.15, 0.2) is 43.0 Å². The van der Waals surface area contributed by atoms with E-state index in [1.54, 1.807) is 11.0 Å². The fraction of sp³-hybridized carbons (Fsp3) is 0.375. The van der Waals surface area contributed by atoms with Crippen molar-refractivity contribution in [2.45, 2.75) is 38.4 Å². The third-order valence-corrected chi connectivity index (χ3v) is 3.73. The van der Waals surface area contributed by atoms with Crippen LogP contribution in [-0.2, 0) is 9.59 Å². The molecule has 3 unspecified atom stereocenters. The van der Waals surface area contributed by atoms with E-state index in [2.05, 4.69) is 11.9 Å². The summed E-state index contributed by atoms with van der Waals surface area (Å²) in [6, 6.07) is 8.13. The van der Waals surface area contributed by atoms with Gasteiger partial charge in [-0.1, -0.05) is 43.3 Å². The van der Waals surface area contributed by atoms with Crippen molar-refractivity contribution in [3.63, 3.8) is 0 Å². The zero-order valence-corrected chi connectivity index (χ0v) is 11.9. The summed E-state index contributed by atoms with van der Waals surface area (Å²) in [5.41, 5.74) is 0.807. The molecule has 4 heteroatoms. The zero-order chi connectivity index (χ0) is 14.7. The minimum atomic E-state index is -0.603. The maximum absolute atomic E-state index is 12.7. The van der Waals surface area contributed by atoms with Crippen LogP contribution >= 0.6 is 0 Å². The molecule has 0 aliphatic carbocycles. The van der Waals surface area contributed by atoms with E-state index in [1.807, 2.05) is 44.2 Å². The van der Waals surface area contributed by atoms with Crippen molar-refractivity contribution in [3.05, 3.63) is 48.6 Å². The van der Waals surface area contributed by atoms with Crippen molar-refractivity contribution in [1.29, 1.82) is 0 Å². The minimum Gasteiger partial charge on any atom is -0.339 e. The summed E-state index contributed by atoms with van der Waals surface area (Å²) in [6.45, 7) is 7.53. The van der Waals surface area contributed by atoms with E-state index in [9.17, 15) is 9.59 Å². The first kappa shape index (κ1) is 14.3. The maximum Gasteiger partial charge on any atom is 0.250 e. The van der Waals surface area contributed by atoms with Gasteiger partial charge in [0.1, 0.15) is 12.1 Å². The number of carbonyl (C=O) groups excluding carboxylic acids is 2. The Bertz CT molecular complexity index is 512. The molecule has 2 rings (SSSR count). The lowest BCUT2D eigenvalue weighted by molar-refractivity contribution is -0.151. The molecule has 1 fully saturated rings. The van der Waals surface area contributed by atoms with Crippen LogP contribution in [-0.4, -0.2) is 28.8 Å². The number of nitrogens with zero attached hydrogens (tertiary/aromatic N) is 1. The summed E-state index contributed by atoms with van der Waals surface area (Å²) in [5, 5.41) is 2.83. The lowest BCUT2D eigenvalue weighted by Gasteiger charge is -2.41. The van der Waals surface area contributed by atoms with Crippen molar-refractivity contribution >= 4 is 11.8 Å². The first-order chi connectivity index (χ1) is 9.60. The molecule has 2 amide bonds. The van der Waals surface area contributed by atoms with Crippen LogP contribution in [0.4, 0.5) is 0 Å². The molecule has 1 heterocycles. The van der Waals surface area contributed by atoms with Gasteiger partial charge in [0.15, 0.2) is 0 Å². The van der Waals surface area contributed by atoms with E-state index in [1.165, 1.54) is 0 Å². The van der Waals surface area contributed by atoms with Gasteiger partial charge in [0.05, 0.1) is 0 Å². The molecule has 1 saturated heterocycles. The highest BCUT2D eigenvalue weighted by molar-refractivity contribution is 5.97. The molecule has 1 aromatic rings. The van der Waals surface area contributed by atoms with Crippen molar-refractivity contribution < 1.29 is 9.59 Å². The Morgan fingerprint density at radius 1 is 1.35 bits per heavy atom. The van der Waals surface area contributed by atoms with Crippen molar-refractivity contribution in [2.75, 3.05) is 0 Å². The number of carbonyl (C=O) groups is 2. The van der Waals surface area contributed by atoms with E-state index in [-0.39, 0.29) is 17.9 Å². The quantitative estimate of drug-likeness (QED) is 0.853. The number of hydrogen-bond acceptors (Lipinski definition) is 2. The van der Waals surface area contributed by atoms with Crippen molar-refractivity contribution in [2.24, 2.45) is 0 Å². The van der Waals surface area contributed by atoms with Crippen LogP contribution in [0.1, 0.15) is 31.9 Å². The van der Waals surface area contributed by atoms with Gasteiger partial charge >= 0.3 is 0 Å². The predicted octanol–water partition coefficient (Wildman–Crippen LogP) is 2.04. The lowest BCUT2D eigenvalue weighted by Crippen LogP contribution is -2.61. The number of amides is 2. The Balaban J connectivity index is 2.37. The summed E-state index contributed by atoms with van der Waals surface area (Å²) in [5.74, 6) is -0.176. The first-order valence-corrected chi connectivity index (χ1v) is 6.90. The molecule has 20 heavy (non-hydrogen) atoms. The third kappa shape index (κ3) is 2.46. The van der Waals surface area contributed by atoms with Gasteiger partial charge in [-0.05, 0) is 18.9 Å². The summed E-state index contributed by atoms with van der Waals surface area (Å²) in [7, 11) is 0. The molecule has 0 radical (unpaired) electrons. The number of hydrogen-bond donors (Lipinski definition) is 1. The van der Waals surface area contributed by atoms with Gasteiger partial charge in [-0.3, -0.25) is 9.59 Å². The summed E-state index contributed by atoms with van der Waals surface area (Å²) in [6.07, 6.45) is 2.29. The van der Waals surface area contributed by atoms with Gasteiger partial charge < -0.3 is 10.2 Å². The second kappa shape index (κ2) is 5.90. The number of piperazine rings is 1. The van der Waals surface area contributed by atoms with E-state index < -0.39 is 12.1 Å². The molecule has 1 aliphatic heterocycles. The molecular weight excluding hydrogens is 252 g/mol. The van der Waals surface area contributed by atoms with E-state index in [0.717, 1.165) is 5.56 Å². The Morgan fingerprint density at radius 2 is 2.00 bits per heavy atom. The molecule has 4 nitrogen and oxygen atoms in total. The van der Waals surface area contributed by atoms with Gasteiger partial charge in [-0.15, -0.1) is 6.58 Å². The summed E-state index contributed by atoms with van der Waals surface area (Å²) < 4.78 is 0. The van der Waals surface area contributed by atoms with Gasteiger partial charge in [0, 0.05) is 6.04 Å². The molecule has 106 valence electrons. The number of nitrogens with one attached hydrogen (secondary N) is 1. The molecule has 0 spiro atoms. The Kier molecular flexibility index (Phi) is 4.23. The molecule has 0 aromatic heterocycles. The lowest BCUT2D eigenvalue weighted by atomic mass is 9.97. The van der Waals surface area contributed by atoms with Crippen molar-refractivity contribution in [1.82, 2.24) is 10.2 Å². The number of rotatable bonds is 4. The summed E-state index contributed by atoms with van der Waals surface area (Å²) in [4.78, 5) is 26.6. The molecule has 0 bridgehead atoms. The molecule has 3 atom stereocenters. The number of benzene rings is 1. The molecule has 1 aromatic carbocycles. The Hall–Kier alpha value is -2.10. The fourth-order valence-corrected chi connectivity index (χ4v) is 2.58. The highest BCUT2D eigenvalue weighted by Gasteiger charge is 2.41. The average molecular weight is 272 g/mol. The Morgan fingerprint density at radius 3 is 2.55 bits per heavy atom. The monoisotopic (exact) mass is 272 g/mol. The summed E-state index contributed by atoms with van der Waals surface area (Å²) >= 11 is 0. The standard InChI is InChI=1S/C16H20N2O2/c1-4-11(3)18-13(5-2)15(19)17-14(16(18)20)12-9-7-6-8-10-12/h4,6-11,13-14H,1,5H2,2-3H3,(H,17,19). The normalized spacial score (nSPS) is 24.2. The Labute approximate surface area is 119 Å². The molecule has 1 aliphatic rings. The highest BCUT2D eigenvalue weighted by atomic mass is 16.2. The van der Waals surface area contributed by atoms with Gasteiger partial charge in [-0.2, -0.15) is 0 Å². The van der Waals surface area contributed by atoms with Crippen LogP contribution in [0, 0.1) is 0 Å². The fourth-order valence-electron chi connectivity index (χ4n) is 2.58. The third-order valence-electron chi connectivity index (χ3n) is 3.73. The predicted molar refractivity (Wildman–Crippen MR) is 77.9 cm³/mol. The molecule has 0 saturated carbocycles. The van der Waals surface area contributed by atoms with Crippen LogP contribution in [0.5, 0.6) is 0 Å². The van der Waals surface area contributed by atoms with Crippen LogP contribution in [0.2, 0.25) is 0 Å². The second-order valence-electron chi connectivity index (χ2n) is 5.00. The van der Waals surface area contributed by atoms with Crippen LogP contribution in [0.3, 0.4) is 0 Å². The topological polar surface area (TPSA) is 49.4 Å². The van der Waals surface area contributed by atoms with E-state index in [4.69, 9.17) is 0 Å². The first-order valence-electron chi connectivity index (χ1n) is 6.90. The minimum absolute atomic E-state index is 0.0740. The average Bonchev–Trinajstić information content (AvgIpc) is 2.48. The van der Waals surface area contributed by atoms with E-state index in [0.29, 0.717) is 6.42 Å². The van der Waals surface area contributed by atoms with Gasteiger partial charge in [0.2, 0.25) is 5.91 Å². The van der Waals surface area contributed by atoms with E-state index >= 15 is 0 Å². The molecule has 1 N–H and O–H groups in total. The van der Waals surface area contributed by atoms with Crippen LogP contribution < -0.4 is 5.32 Å². The SMILES string of the molecule is C=CC(C)N1C(=O)C(c2ccccc2)NC(=O)C1CC. The second-order valence-corrected chi connectivity index (χ2v) is 5.00. The van der Waals surface area contributed by atoms with Gasteiger partial charge in [-0.25, -0.2) is 0 Å². The smallest absolute Gasteiger partial charge is 0.250 e. The largest absolute Gasteiger partial charge is 0.339 e.